The lowest BCUT2D eigenvalue weighted by Crippen LogP contribution is -2.35. The molecule has 0 fully saturated rings. The Morgan fingerprint density at radius 1 is 1.24 bits per heavy atom. The van der Waals surface area contributed by atoms with E-state index in [1.54, 1.807) is 18.2 Å². The van der Waals surface area contributed by atoms with Crippen molar-refractivity contribution in [1.29, 1.82) is 4.29 Å². The molecule has 0 aromatic heterocycles. The quantitative estimate of drug-likeness (QED) is 0.353. The van der Waals surface area contributed by atoms with E-state index in [0.29, 0.717) is 0 Å². The van der Waals surface area contributed by atoms with Gasteiger partial charge in [0, 0.05) is 12.6 Å². The molecular weight excluding hydrogens is 262 g/mol. The van der Waals surface area contributed by atoms with Crippen LogP contribution in [0.2, 0.25) is 6.04 Å². The van der Waals surface area contributed by atoms with Crippen molar-refractivity contribution in [2.75, 3.05) is 6.54 Å². The lowest BCUT2D eigenvalue weighted by molar-refractivity contribution is 0.226. The molecule has 6 nitrogen and oxygen atoms in total. The van der Waals surface area contributed by atoms with E-state index in [9.17, 15) is 8.42 Å². The Hall–Kier alpha value is -0.773. The Bertz CT molecular complexity index is 491. The first kappa shape index (κ1) is 10.2. The van der Waals surface area contributed by atoms with E-state index in [4.69, 9.17) is 4.29 Å². The zero-order chi connectivity index (χ0) is 15.1. The van der Waals surface area contributed by atoms with E-state index in [0.717, 1.165) is 0 Å². The van der Waals surface area contributed by atoms with Gasteiger partial charge in [-0.1, -0.05) is 18.2 Å². The van der Waals surface area contributed by atoms with E-state index in [1.165, 1.54) is 12.1 Å². The summed E-state index contributed by atoms with van der Waals surface area (Å²) in [5.74, 6) is 0. The van der Waals surface area contributed by atoms with Crippen LogP contribution >= 0.6 is 0 Å². The number of benzene rings is 1. The molecule has 0 spiro atoms. The molecule has 96 valence electrons. The van der Waals surface area contributed by atoms with Gasteiger partial charge in [-0.2, -0.15) is 0 Å². The van der Waals surface area contributed by atoms with Crippen LogP contribution in [-0.4, -0.2) is 42.5 Å². The zero-order valence-corrected chi connectivity index (χ0v) is 10.8. The largest absolute Gasteiger partial charge is 0.492 e. The van der Waals surface area contributed by atoms with Crippen molar-refractivity contribution in [1.82, 2.24) is 4.72 Å². The van der Waals surface area contributed by atoms with Crippen molar-refractivity contribution in [3.63, 3.8) is 0 Å². The Balaban J connectivity index is 2.49. The normalized spacial score (nSPS) is 14.9. The molecule has 1 rings (SSSR count). The van der Waals surface area contributed by atoms with Crippen molar-refractivity contribution in [2.24, 2.45) is 0 Å². The van der Waals surface area contributed by atoms with Gasteiger partial charge < -0.3 is 14.4 Å². The van der Waals surface area contributed by atoms with E-state index in [-0.39, 0.29) is 23.9 Å². The first-order valence-electron chi connectivity index (χ1n) is 6.20. The minimum absolute atomic E-state index is 0.0131. The lowest BCUT2D eigenvalue weighted by atomic mass is 10.4. The molecule has 0 saturated heterocycles. The van der Waals surface area contributed by atoms with Gasteiger partial charge in [0.05, 0.1) is 4.90 Å². The van der Waals surface area contributed by atoms with Crippen LogP contribution in [-0.2, 0) is 10.0 Å². The summed E-state index contributed by atoms with van der Waals surface area (Å²) in [6.45, 7) is 0.0576. The second kappa shape index (κ2) is 5.71. The van der Waals surface area contributed by atoms with Gasteiger partial charge >= 0.3 is 8.80 Å². The Kier molecular flexibility index (Phi) is 3.42. The summed E-state index contributed by atoms with van der Waals surface area (Å²) in [4.78, 5) is 12.6. The van der Waals surface area contributed by atoms with Crippen molar-refractivity contribution in [3.05, 3.63) is 30.3 Å². The highest BCUT2D eigenvalue weighted by Gasteiger charge is 2.25. The molecule has 17 heavy (non-hydrogen) atoms. The number of hydrogen-bond acceptors (Lipinski definition) is 5. The standard InChI is InChI=1S/C9H15NO5SSi/c11-16(12,9-5-2-1-3-6-9)10-7-4-8-17(13,14)15/h1-3,5-6,10,13-15H,4,7-8H2/i13T,14T,15T. The smallest absolute Gasteiger partial charge is 0.390 e. The summed E-state index contributed by atoms with van der Waals surface area (Å²) in [5, 5.41) is 0. The second-order valence-corrected chi connectivity index (χ2v) is 7.13. The predicted octanol–water partition coefficient (Wildman–Crippen LogP) is -0.729. The van der Waals surface area contributed by atoms with Gasteiger partial charge in [-0.25, -0.2) is 13.1 Å². The topological polar surface area (TPSA) is 107 Å². The highest BCUT2D eigenvalue weighted by atomic mass is 32.2. The summed E-state index contributed by atoms with van der Waals surface area (Å²) in [7, 11) is -7.22. The van der Waals surface area contributed by atoms with Crippen LogP contribution in [0.15, 0.2) is 35.2 Å². The highest BCUT2D eigenvalue weighted by Crippen LogP contribution is 2.07. The van der Waals surface area contributed by atoms with E-state index < -0.39 is 18.8 Å². The molecule has 0 aliphatic heterocycles. The second-order valence-electron chi connectivity index (χ2n) is 3.50. The maximum absolute atomic E-state index is 11.9. The van der Waals surface area contributed by atoms with Crippen molar-refractivity contribution in [3.8, 4) is 0 Å². The SMILES string of the molecule is [3H]O[Si](CCCNS(=O)(=O)c1ccccc1)(O[3H])O[3H]. The summed E-state index contributed by atoms with van der Waals surface area (Å²) in [6.07, 6.45) is 0.217. The summed E-state index contributed by atoms with van der Waals surface area (Å²) < 4.78 is 46.3. The van der Waals surface area contributed by atoms with E-state index in [2.05, 4.69) is 19.1 Å². The van der Waals surface area contributed by atoms with Gasteiger partial charge in [0.15, 0.2) is 4.29 Å². The number of rotatable bonds is 9. The molecule has 0 atom stereocenters. The Labute approximate surface area is 105 Å². The third-order valence-electron chi connectivity index (χ3n) is 2.01. The highest BCUT2D eigenvalue weighted by molar-refractivity contribution is 7.89. The van der Waals surface area contributed by atoms with Crippen molar-refractivity contribution in [2.45, 2.75) is 17.4 Å². The van der Waals surface area contributed by atoms with Crippen LogP contribution < -0.4 is 4.72 Å². The van der Waals surface area contributed by atoms with Crippen LogP contribution in [0, 0.1) is 0 Å². The maximum Gasteiger partial charge on any atom is 0.492 e. The van der Waals surface area contributed by atoms with E-state index in [1.807, 2.05) is 0 Å². The summed E-state index contributed by atoms with van der Waals surface area (Å²) >= 11 is 0. The number of hydrogen-bond donors (Lipinski definition) is 4. The zero-order valence-electron chi connectivity index (χ0n) is 12.0. The minimum atomic E-state index is -3.63. The Morgan fingerprint density at radius 3 is 2.47 bits per heavy atom. The molecule has 0 heterocycles. The number of sulfonamides is 1. The van der Waals surface area contributed by atoms with Crippen LogP contribution in [0.25, 0.3) is 0 Å². The van der Waals surface area contributed by atoms with Crippen LogP contribution in [0.4, 0.5) is 0 Å². The fraction of sp³-hybridized carbons (Fsp3) is 0.333. The first-order chi connectivity index (χ1) is 9.49. The molecule has 0 unspecified atom stereocenters. The molecule has 0 aliphatic carbocycles. The maximum atomic E-state index is 11.9. The van der Waals surface area contributed by atoms with Crippen LogP contribution in [0.1, 0.15) is 6.42 Å². The monoisotopic (exact) mass is 283 g/mol. The van der Waals surface area contributed by atoms with Gasteiger partial charge in [0.1, 0.15) is 0 Å². The van der Waals surface area contributed by atoms with Gasteiger partial charge in [-0.3, -0.25) is 0 Å². The average molecular weight is 283 g/mol. The van der Waals surface area contributed by atoms with Crippen LogP contribution in [0.3, 0.4) is 0 Å². The molecule has 1 aromatic carbocycles. The molecule has 0 amide bonds. The minimum Gasteiger partial charge on any atom is -0.390 e. The number of nitrogens with one attached hydrogen (secondary N) is 1. The van der Waals surface area contributed by atoms with Gasteiger partial charge in [-0.05, 0) is 18.6 Å². The van der Waals surface area contributed by atoms with Crippen LogP contribution in [0.5, 0.6) is 0 Å². The molecule has 8 heteroatoms. The van der Waals surface area contributed by atoms with Crippen molar-refractivity contribution < 1.29 is 22.8 Å². The van der Waals surface area contributed by atoms with Gasteiger partial charge in [0.2, 0.25) is 10.0 Å². The van der Waals surface area contributed by atoms with Gasteiger partial charge in [-0.15, -0.1) is 0 Å². The van der Waals surface area contributed by atoms with Gasteiger partial charge in [0.25, 0.3) is 0 Å². The fourth-order valence-corrected chi connectivity index (χ4v) is 2.90. The molecule has 1 aromatic rings. The average Bonchev–Trinajstić information content (AvgIpc) is 2.49. The summed E-state index contributed by atoms with van der Waals surface area (Å²) in [5.41, 5.74) is 0. The molecule has 0 radical (unpaired) electrons. The van der Waals surface area contributed by atoms with E-state index >= 15 is 0 Å². The molecule has 0 saturated carbocycles. The molecule has 4 N–H and O–H groups in total. The predicted molar refractivity (Wildman–Crippen MR) is 63.5 cm³/mol. The third-order valence-corrected chi connectivity index (χ3v) is 4.45. The molecule has 0 bridgehead atoms. The summed E-state index contributed by atoms with van der Waals surface area (Å²) in [6, 6.07) is 7.86. The van der Waals surface area contributed by atoms with Crippen molar-refractivity contribution >= 4 is 18.8 Å². The first-order valence-corrected chi connectivity index (χ1v) is 8.39. The molecule has 0 aliphatic rings. The Morgan fingerprint density at radius 2 is 1.88 bits per heavy atom. The third kappa shape index (κ3) is 5.39. The fourth-order valence-electron chi connectivity index (χ4n) is 1.19. The molecular formula is C9H15NO5SSi. The lowest BCUT2D eigenvalue weighted by Gasteiger charge is -2.09.